The van der Waals surface area contributed by atoms with Crippen LogP contribution in [0.5, 0.6) is 0 Å². The Morgan fingerprint density at radius 1 is 1.58 bits per heavy atom. The van der Waals surface area contributed by atoms with Gasteiger partial charge in [0.2, 0.25) is 0 Å². The molecule has 2 unspecified atom stereocenters. The number of aliphatic hydroxyl groups is 1. The van der Waals surface area contributed by atoms with Gasteiger partial charge in [-0.3, -0.25) is 0 Å². The molecule has 3 N–H and O–H groups in total. The molecule has 2 atom stereocenters. The molecule has 12 heavy (non-hydrogen) atoms. The van der Waals surface area contributed by atoms with E-state index < -0.39 is 5.60 Å². The fourth-order valence-corrected chi connectivity index (χ4v) is 1.74. The lowest BCUT2D eigenvalue weighted by atomic mass is 9.74. The Labute approximate surface area is 75.2 Å². The number of nitrogens with two attached hydrogens (primary N) is 1. The molecule has 0 aromatic carbocycles. The Kier molecular flexibility index (Phi) is 3.13. The molecular weight excluding hydrogens is 150 g/mol. The Hall–Kier alpha value is -0.0800. The van der Waals surface area contributed by atoms with Gasteiger partial charge in [-0.1, -0.05) is 26.2 Å². The van der Waals surface area contributed by atoms with Crippen LogP contribution in [0.15, 0.2) is 0 Å². The van der Waals surface area contributed by atoms with E-state index >= 15 is 0 Å². The lowest BCUT2D eigenvalue weighted by Gasteiger charge is -2.36. The van der Waals surface area contributed by atoms with Gasteiger partial charge >= 0.3 is 0 Å². The van der Waals surface area contributed by atoms with Crippen LogP contribution in [0.1, 0.15) is 39.5 Å². The summed E-state index contributed by atoms with van der Waals surface area (Å²) in [7, 11) is 0. The highest BCUT2D eigenvalue weighted by Gasteiger charge is 2.32. The third-order valence-corrected chi connectivity index (χ3v) is 3.34. The Bertz CT molecular complexity index is 141. The Morgan fingerprint density at radius 3 is 2.50 bits per heavy atom. The first-order valence-electron chi connectivity index (χ1n) is 4.98. The van der Waals surface area contributed by atoms with E-state index in [0.29, 0.717) is 6.54 Å². The summed E-state index contributed by atoms with van der Waals surface area (Å²) in [5.74, 6) is 0.979. The minimum absolute atomic E-state index is 0.220. The zero-order valence-electron chi connectivity index (χ0n) is 8.21. The molecule has 0 spiro atoms. The maximum atomic E-state index is 10.0. The highest BCUT2D eigenvalue weighted by Crippen LogP contribution is 2.36. The first kappa shape index (κ1) is 10.0. The van der Waals surface area contributed by atoms with Gasteiger partial charge in [0.15, 0.2) is 0 Å². The first-order chi connectivity index (χ1) is 5.56. The molecule has 0 bridgehead atoms. The van der Waals surface area contributed by atoms with Gasteiger partial charge in [0.25, 0.3) is 0 Å². The summed E-state index contributed by atoms with van der Waals surface area (Å²) in [4.78, 5) is 0. The monoisotopic (exact) mass is 171 g/mol. The summed E-state index contributed by atoms with van der Waals surface area (Å²) in [6.07, 6.45) is 4.88. The van der Waals surface area contributed by atoms with Gasteiger partial charge in [0, 0.05) is 0 Å². The van der Waals surface area contributed by atoms with Crippen LogP contribution in [-0.2, 0) is 0 Å². The molecule has 1 aliphatic rings. The summed E-state index contributed by atoms with van der Waals surface area (Å²) in [6, 6.07) is 0. The second-order valence-corrected chi connectivity index (χ2v) is 4.49. The van der Waals surface area contributed by atoms with Crippen LogP contribution in [0.25, 0.3) is 0 Å². The van der Waals surface area contributed by atoms with Gasteiger partial charge in [-0.2, -0.15) is 0 Å². The molecule has 2 heteroatoms. The van der Waals surface area contributed by atoms with Crippen LogP contribution in [0.3, 0.4) is 0 Å². The van der Waals surface area contributed by atoms with E-state index in [9.17, 15) is 5.11 Å². The Balaban J connectivity index is 2.35. The lowest BCUT2D eigenvalue weighted by molar-refractivity contribution is -0.0227. The molecule has 0 aromatic heterocycles. The molecule has 0 aliphatic heterocycles. The number of rotatable bonds is 4. The van der Waals surface area contributed by atoms with E-state index in [1.807, 2.05) is 13.8 Å². The lowest BCUT2D eigenvalue weighted by Crippen LogP contribution is -2.40. The molecule has 1 rings (SSSR count). The number of hydrogen-bond acceptors (Lipinski definition) is 2. The van der Waals surface area contributed by atoms with Gasteiger partial charge < -0.3 is 10.8 Å². The quantitative estimate of drug-likeness (QED) is 0.673. The fraction of sp³-hybridized carbons (Fsp3) is 1.00. The minimum Gasteiger partial charge on any atom is -0.390 e. The zero-order valence-corrected chi connectivity index (χ0v) is 8.21. The molecule has 1 aliphatic carbocycles. The van der Waals surface area contributed by atoms with Crippen molar-refractivity contribution in [3.05, 3.63) is 0 Å². The average Bonchev–Trinajstić information content (AvgIpc) is 1.95. The molecule has 0 heterocycles. The molecule has 2 nitrogen and oxygen atoms in total. The van der Waals surface area contributed by atoms with Crippen molar-refractivity contribution in [3.8, 4) is 0 Å². The minimum atomic E-state index is -0.542. The van der Waals surface area contributed by atoms with Crippen molar-refractivity contribution < 1.29 is 5.11 Å². The van der Waals surface area contributed by atoms with Crippen molar-refractivity contribution in [1.29, 1.82) is 0 Å². The summed E-state index contributed by atoms with van der Waals surface area (Å²) < 4.78 is 0. The maximum Gasteiger partial charge on any atom is 0.0659 e. The van der Waals surface area contributed by atoms with E-state index in [1.54, 1.807) is 0 Å². The van der Waals surface area contributed by atoms with Crippen molar-refractivity contribution >= 4 is 0 Å². The SMILES string of the molecule is CC(CN)C(C)(O)CC1CCC1. The first-order valence-corrected chi connectivity index (χ1v) is 4.98. The molecule has 1 fully saturated rings. The van der Waals surface area contributed by atoms with Crippen LogP contribution in [0, 0.1) is 11.8 Å². The number of hydrogen-bond donors (Lipinski definition) is 2. The normalized spacial score (nSPS) is 26.0. The van der Waals surface area contributed by atoms with Crippen LogP contribution in [0.4, 0.5) is 0 Å². The topological polar surface area (TPSA) is 46.2 Å². The summed E-state index contributed by atoms with van der Waals surface area (Å²) in [5.41, 5.74) is 4.99. The van der Waals surface area contributed by atoms with Gasteiger partial charge in [0.1, 0.15) is 0 Å². The second-order valence-electron chi connectivity index (χ2n) is 4.49. The molecule has 0 saturated heterocycles. The van der Waals surface area contributed by atoms with Crippen LogP contribution >= 0.6 is 0 Å². The largest absolute Gasteiger partial charge is 0.390 e. The van der Waals surface area contributed by atoms with Crippen molar-refractivity contribution in [3.63, 3.8) is 0 Å². The Morgan fingerprint density at radius 2 is 2.17 bits per heavy atom. The standard InChI is InChI=1S/C10H21NO/c1-8(7-11)10(2,12)6-9-4-3-5-9/h8-9,12H,3-7,11H2,1-2H3. The van der Waals surface area contributed by atoms with E-state index in [0.717, 1.165) is 12.3 Å². The van der Waals surface area contributed by atoms with Crippen molar-refractivity contribution in [2.24, 2.45) is 17.6 Å². The molecule has 1 saturated carbocycles. The molecule has 72 valence electrons. The van der Waals surface area contributed by atoms with Gasteiger partial charge in [-0.25, -0.2) is 0 Å². The smallest absolute Gasteiger partial charge is 0.0659 e. The molecule has 0 aromatic rings. The van der Waals surface area contributed by atoms with Crippen molar-refractivity contribution in [2.75, 3.05) is 6.54 Å². The van der Waals surface area contributed by atoms with Crippen molar-refractivity contribution in [2.45, 2.75) is 45.1 Å². The predicted molar refractivity (Wildman–Crippen MR) is 50.8 cm³/mol. The van der Waals surface area contributed by atoms with E-state index in [4.69, 9.17) is 5.73 Å². The summed E-state index contributed by atoms with van der Waals surface area (Å²) in [5, 5.41) is 10.0. The average molecular weight is 171 g/mol. The molecule has 0 amide bonds. The van der Waals surface area contributed by atoms with E-state index in [2.05, 4.69) is 0 Å². The van der Waals surface area contributed by atoms with Crippen molar-refractivity contribution in [1.82, 2.24) is 0 Å². The van der Waals surface area contributed by atoms with Crippen LogP contribution in [-0.4, -0.2) is 17.3 Å². The third kappa shape index (κ3) is 2.20. The highest BCUT2D eigenvalue weighted by atomic mass is 16.3. The molecule has 0 radical (unpaired) electrons. The zero-order chi connectivity index (χ0) is 9.19. The third-order valence-electron chi connectivity index (χ3n) is 3.34. The second kappa shape index (κ2) is 3.75. The molecular formula is C10H21NO. The van der Waals surface area contributed by atoms with Crippen LogP contribution in [0.2, 0.25) is 0 Å². The highest BCUT2D eigenvalue weighted by molar-refractivity contribution is 4.85. The van der Waals surface area contributed by atoms with Gasteiger partial charge in [-0.05, 0) is 31.7 Å². The summed E-state index contributed by atoms with van der Waals surface area (Å²) >= 11 is 0. The van der Waals surface area contributed by atoms with Gasteiger partial charge in [0.05, 0.1) is 5.60 Å². The van der Waals surface area contributed by atoms with Gasteiger partial charge in [-0.15, -0.1) is 0 Å². The maximum absolute atomic E-state index is 10.0. The van der Waals surface area contributed by atoms with E-state index in [-0.39, 0.29) is 5.92 Å². The fourth-order valence-electron chi connectivity index (χ4n) is 1.74. The van der Waals surface area contributed by atoms with E-state index in [1.165, 1.54) is 19.3 Å². The predicted octanol–water partition coefficient (Wildman–Crippen LogP) is 1.52. The van der Waals surface area contributed by atoms with Crippen LogP contribution < -0.4 is 5.73 Å². The summed E-state index contributed by atoms with van der Waals surface area (Å²) in [6.45, 7) is 4.53.